The van der Waals surface area contributed by atoms with Gasteiger partial charge in [-0.1, -0.05) is 25.5 Å². The number of hydrogen-bond acceptors (Lipinski definition) is 4. The lowest BCUT2D eigenvalue weighted by Gasteiger charge is -2.27. The molecule has 2 aliphatic heterocycles. The first-order chi connectivity index (χ1) is 14.0. The van der Waals surface area contributed by atoms with Crippen LogP contribution in [0, 0.1) is 11.8 Å². The number of hydrogen-bond donors (Lipinski definition) is 3. The van der Waals surface area contributed by atoms with E-state index in [1.165, 1.54) is 0 Å². The first-order valence-electron chi connectivity index (χ1n) is 11.1. The second-order valence-electron chi connectivity index (χ2n) is 8.12. The number of allylic oxidation sites excluding steroid dienone is 2. The normalized spacial score (nSPS) is 25.4. The number of rotatable bonds is 14. The molecule has 7 heteroatoms. The topological polar surface area (TPSA) is 105 Å². The number of carbonyl (C=O) groups excluding carboxylic acids is 2. The smallest absolute Gasteiger partial charge is 0.303 e. The monoisotopic (exact) mass is 408 g/mol. The van der Waals surface area contributed by atoms with Crippen LogP contribution in [0.15, 0.2) is 12.2 Å². The Morgan fingerprint density at radius 1 is 0.966 bits per heavy atom. The molecule has 2 bridgehead atoms. The lowest BCUT2D eigenvalue weighted by molar-refractivity contribution is -0.137. The van der Waals surface area contributed by atoms with Crippen molar-refractivity contribution in [1.82, 2.24) is 10.6 Å². The van der Waals surface area contributed by atoms with Crippen LogP contribution in [-0.2, 0) is 19.1 Å². The summed E-state index contributed by atoms with van der Waals surface area (Å²) in [6, 6.07) is 0. The molecule has 7 nitrogen and oxygen atoms in total. The number of carboxylic acid groups (broad SMARTS) is 1. The number of amides is 2. The summed E-state index contributed by atoms with van der Waals surface area (Å²) in [5.74, 6) is -0.0573. The fraction of sp³-hybridized carbons (Fsp3) is 0.773. The number of unbranched alkanes of at least 4 members (excludes halogenated alkanes) is 2. The van der Waals surface area contributed by atoms with Crippen LogP contribution >= 0.6 is 0 Å². The molecule has 0 aliphatic carbocycles. The SMILES string of the molecule is CCCCC(=O)NCCC(=O)NCC1[C@@H](C/C=C\CCCC(=O)O)[C@@H]2CC[C@H]1O2. The van der Waals surface area contributed by atoms with Crippen molar-refractivity contribution < 1.29 is 24.2 Å². The van der Waals surface area contributed by atoms with E-state index in [9.17, 15) is 14.4 Å². The van der Waals surface area contributed by atoms with E-state index in [1.807, 2.05) is 6.92 Å². The summed E-state index contributed by atoms with van der Waals surface area (Å²) in [7, 11) is 0. The highest BCUT2D eigenvalue weighted by Gasteiger charge is 2.47. The van der Waals surface area contributed by atoms with E-state index >= 15 is 0 Å². The van der Waals surface area contributed by atoms with Crippen LogP contribution < -0.4 is 10.6 Å². The number of carboxylic acids is 1. The van der Waals surface area contributed by atoms with Crippen molar-refractivity contribution in [3.63, 3.8) is 0 Å². The largest absolute Gasteiger partial charge is 0.481 e. The molecule has 0 aromatic carbocycles. The van der Waals surface area contributed by atoms with Crippen molar-refractivity contribution in [2.45, 2.75) is 83.3 Å². The number of carbonyl (C=O) groups is 3. The number of fused-ring (bicyclic) bond motifs is 2. The van der Waals surface area contributed by atoms with Gasteiger partial charge in [-0.15, -0.1) is 0 Å². The van der Waals surface area contributed by atoms with E-state index in [0.717, 1.165) is 38.5 Å². The van der Waals surface area contributed by atoms with Gasteiger partial charge in [-0.25, -0.2) is 0 Å². The third-order valence-electron chi connectivity index (χ3n) is 5.89. The Labute approximate surface area is 173 Å². The maximum atomic E-state index is 12.1. The zero-order valence-corrected chi connectivity index (χ0v) is 17.5. The molecule has 29 heavy (non-hydrogen) atoms. The van der Waals surface area contributed by atoms with Gasteiger partial charge in [0.05, 0.1) is 12.2 Å². The molecule has 0 radical (unpaired) electrons. The summed E-state index contributed by atoms with van der Waals surface area (Å²) in [5, 5.41) is 14.5. The molecule has 2 rings (SSSR count). The van der Waals surface area contributed by atoms with E-state index in [4.69, 9.17) is 9.84 Å². The van der Waals surface area contributed by atoms with Gasteiger partial charge >= 0.3 is 5.97 Å². The minimum Gasteiger partial charge on any atom is -0.481 e. The summed E-state index contributed by atoms with van der Waals surface area (Å²) in [4.78, 5) is 34.3. The Morgan fingerprint density at radius 3 is 2.41 bits per heavy atom. The van der Waals surface area contributed by atoms with E-state index in [-0.39, 0.29) is 30.4 Å². The maximum Gasteiger partial charge on any atom is 0.303 e. The molecule has 3 N–H and O–H groups in total. The molecule has 0 aromatic rings. The van der Waals surface area contributed by atoms with Gasteiger partial charge in [0.15, 0.2) is 0 Å². The van der Waals surface area contributed by atoms with Gasteiger partial charge in [0.1, 0.15) is 0 Å². The molecule has 2 heterocycles. The van der Waals surface area contributed by atoms with Gasteiger partial charge in [0.2, 0.25) is 11.8 Å². The molecular weight excluding hydrogens is 372 g/mol. The molecular formula is C22H36N2O5. The molecule has 2 amide bonds. The fourth-order valence-electron chi connectivity index (χ4n) is 4.28. The van der Waals surface area contributed by atoms with Crippen LogP contribution in [0.3, 0.4) is 0 Å². The fourth-order valence-corrected chi connectivity index (χ4v) is 4.28. The van der Waals surface area contributed by atoms with Gasteiger partial charge in [-0.05, 0) is 44.4 Å². The molecule has 2 saturated heterocycles. The van der Waals surface area contributed by atoms with Crippen LogP contribution in [0.4, 0.5) is 0 Å². The Bertz CT molecular complexity index is 578. The predicted molar refractivity (Wildman–Crippen MR) is 110 cm³/mol. The highest BCUT2D eigenvalue weighted by atomic mass is 16.5. The average molecular weight is 409 g/mol. The predicted octanol–water partition coefficient (Wildman–Crippen LogP) is 2.79. The van der Waals surface area contributed by atoms with Crippen LogP contribution in [0.25, 0.3) is 0 Å². The van der Waals surface area contributed by atoms with Gasteiger partial charge in [0.25, 0.3) is 0 Å². The second kappa shape index (κ2) is 12.6. The number of nitrogens with one attached hydrogen (secondary N) is 2. The third-order valence-corrected chi connectivity index (χ3v) is 5.89. The minimum absolute atomic E-state index is 0.0105. The zero-order valence-electron chi connectivity index (χ0n) is 17.5. The molecule has 164 valence electrons. The summed E-state index contributed by atoms with van der Waals surface area (Å²) in [6.45, 7) is 3.04. The van der Waals surface area contributed by atoms with Gasteiger partial charge in [0, 0.05) is 38.3 Å². The van der Waals surface area contributed by atoms with Gasteiger partial charge in [-0.2, -0.15) is 0 Å². The molecule has 4 atom stereocenters. The quantitative estimate of drug-likeness (QED) is 0.303. The lowest BCUT2D eigenvalue weighted by Crippen LogP contribution is -2.39. The molecule has 0 spiro atoms. The van der Waals surface area contributed by atoms with Crippen molar-refractivity contribution in [2.24, 2.45) is 11.8 Å². The molecule has 0 saturated carbocycles. The standard InChI is InChI=1S/C22H36N2O5/c1-2-3-9-20(25)23-14-13-21(26)24-15-17-16(18-11-12-19(17)29-18)8-6-4-5-7-10-22(27)28/h4,6,16-19H,2-3,5,7-15H2,1H3,(H,23,25)(H,24,26)(H,27,28)/b6-4-/t16-,17?,18+,19-/m1/s1. The summed E-state index contributed by atoms with van der Waals surface area (Å²) < 4.78 is 6.07. The maximum absolute atomic E-state index is 12.1. The van der Waals surface area contributed by atoms with Crippen molar-refractivity contribution in [3.05, 3.63) is 12.2 Å². The number of ether oxygens (including phenoxy) is 1. The lowest BCUT2D eigenvalue weighted by atomic mass is 9.77. The second-order valence-corrected chi connectivity index (χ2v) is 8.12. The summed E-state index contributed by atoms with van der Waals surface area (Å²) in [5.41, 5.74) is 0. The highest BCUT2D eigenvalue weighted by molar-refractivity contribution is 5.78. The van der Waals surface area contributed by atoms with E-state index < -0.39 is 5.97 Å². The van der Waals surface area contributed by atoms with Crippen LogP contribution in [0.2, 0.25) is 0 Å². The highest BCUT2D eigenvalue weighted by Crippen LogP contribution is 2.44. The van der Waals surface area contributed by atoms with Crippen molar-refractivity contribution in [3.8, 4) is 0 Å². The minimum atomic E-state index is -0.753. The van der Waals surface area contributed by atoms with Crippen LogP contribution in [0.1, 0.15) is 71.1 Å². The van der Waals surface area contributed by atoms with Crippen molar-refractivity contribution in [2.75, 3.05) is 13.1 Å². The van der Waals surface area contributed by atoms with E-state index in [0.29, 0.717) is 44.2 Å². The Kier molecular flexibility index (Phi) is 10.2. The molecule has 2 fully saturated rings. The van der Waals surface area contributed by atoms with Crippen molar-refractivity contribution >= 4 is 17.8 Å². The van der Waals surface area contributed by atoms with Crippen molar-refractivity contribution in [1.29, 1.82) is 0 Å². The van der Waals surface area contributed by atoms with E-state index in [2.05, 4.69) is 22.8 Å². The first-order valence-corrected chi connectivity index (χ1v) is 11.1. The molecule has 2 aliphatic rings. The number of aliphatic carboxylic acids is 1. The Morgan fingerprint density at radius 2 is 1.69 bits per heavy atom. The third kappa shape index (κ3) is 8.17. The zero-order chi connectivity index (χ0) is 21.1. The van der Waals surface area contributed by atoms with Crippen LogP contribution in [0.5, 0.6) is 0 Å². The Balaban J connectivity index is 1.67. The average Bonchev–Trinajstić information content (AvgIpc) is 3.29. The summed E-state index contributed by atoms with van der Waals surface area (Å²) in [6.07, 6.45) is 12.0. The van der Waals surface area contributed by atoms with Gasteiger partial charge in [-0.3, -0.25) is 14.4 Å². The first kappa shape index (κ1) is 23.4. The molecule has 1 unspecified atom stereocenters. The van der Waals surface area contributed by atoms with Gasteiger partial charge < -0.3 is 20.5 Å². The Hall–Kier alpha value is -1.89. The van der Waals surface area contributed by atoms with E-state index in [1.54, 1.807) is 0 Å². The summed E-state index contributed by atoms with van der Waals surface area (Å²) >= 11 is 0. The van der Waals surface area contributed by atoms with Crippen LogP contribution in [-0.4, -0.2) is 48.2 Å². The molecule has 0 aromatic heterocycles.